The van der Waals surface area contributed by atoms with E-state index in [1.807, 2.05) is 11.4 Å². The summed E-state index contributed by atoms with van der Waals surface area (Å²) in [6.45, 7) is -0.512. The molecule has 0 saturated carbocycles. The number of allylic oxidation sites excluding steroid dienone is 1. The van der Waals surface area contributed by atoms with Crippen molar-refractivity contribution >= 4 is 35.1 Å². The fraction of sp³-hybridized carbons (Fsp3) is 0.0625. The Morgan fingerprint density at radius 1 is 1.19 bits per heavy atom. The van der Waals surface area contributed by atoms with E-state index in [4.69, 9.17) is 5.11 Å². The number of carbonyl (C=O) groups is 2. The van der Waals surface area contributed by atoms with Gasteiger partial charge in [0.05, 0.1) is 10.6 Å². The molecule has 0 saturated heterocycles. The summed E-state index contributed by atoms with van der Waals surface area (Å²) in [6.07, 6.45) is 7.62. The maximum atomic E-state index is 11.8. The second-order valence-electron chi connectivity index (χ2n) is 4.15. The third-order valence-electron chi connectivity index (χ3n) is 2.60. The molecular formula is C16H13NO3S. The predicted molar refractivity (Wildman–Crippen MR) is 83.0 cm³/mol. The SMILES string of the molecule is O=C(/C=C/c1ccc(/C=C/C(=O)c2cccs2)cn1)CO. The Hall–Kier alpha value is -2.37. The Balaban J connectivity index is 2.01. The molecule has 0 aliphatic carbocycles. The Bertz CT molecular complexity index is 670. The van der Waals surface area contributed by atoms with Gasteiger partial charge in [-0.25, -0.2) is 0 Å². The van der Waals surface area contributed by atoms with Crippen LogP contribution in [0.3, 0.4) is 0 Å². The lowest BCUT2D eigenvalue weighted by atomic mass is 10.2. The van der Waals surface area contributed by atoms with Crippen molar-refractivity contribution in [3.05, 3.63) is 64.1 Å². The molecule has 5 heteroatoms. The van der Waals surface area contributed by atoms with Gasteiger partial charge in [0.25, 0.3) is 0 Å². The van der Waals surface area contributed by atoms with Crippen molar-refractivity contribution in [3.63, 3.8) is 0 Å². The first kappa shape index (κ1) is 15.0. The molecule has 0 aromatic carbocycles. The standard InChI is InChI=1S/C16H13NO3S/c18-11-14(19)7-6-13-5-3-12(10-17-13)4-8-15(20)16-2-1-9-21-16/h1-10,18H,11H2/b7-6+,8-4+. The van der Waals surface area contributed by atoms with Gasteiger partial charge in [-0.2, -0.15) is 0 Å². The average Bonchev–Trinajstić information content (AvgIpc) is 3.05. The molecular weight excluding hydrogens is 286 g/mol. The van der Waals surface area contributed by atoms with Gasteiger partial charge < -0.3 is 5.11 Å². The molecule has 0 fully saturated rings. The highest BCUT2D eigenvalue weighted by molar-refractivity contribution is 7.12. The molecule has 0 bridgehead atoms. The quantitative estimate of drug-likeness (QED) is 0.657. The van der Waals surface area contributed by atoms with Crippen LogP contribution in [0.1, 0.15) is 20.9 Å². The lowest BCUT2D eigenvalue weighted by molar-refractivity contribution is -0.117. The van der Waals surface area contributed by atoms with Crippen LogP contribution >= 0.6 is 11.3 Å². The van der Waals surface area contributed by atoms with E-state index in [-0.39, 0.29) is 11.6 Å². The lowest BCUT2D eigenvalue weighted by Crippen LogP contribution is -1.97. The second-order valence-corrected chi connectivity index (χ2v) is 5.10. The van der Waals surface area contributed by atoms with E-state index in [0.29, 0.717) is 10.6 Å². The normalized spacial score (nSPS) is 11.3. The Labute approximate surface area is 126 Å². The summed E-state index contributed by atoms with van der Waals surface area (Å²) >= 11 is 1.40. The van der Waals surface area contributed by atoms with Gasteiger partial charge in [-0.3, -0.25) is 14.6 Å². The van der Waals surface area contributed by atoms with Gasteiger partial charge in [0.15, 0.2) is 11.6 Å². The number of hydrogen-bond acceptors (Lipinski definition) is 5. The van der Waals surface area contributed by atoms with E-state index in [1.165, 1.54) is 29.6 Å². The van der Waals surface area contributed by atoms with E-state index in [0.717, 1.165) is 5.56 Å². The number of nitrogens with zero attached hydrogens (tertiary/aromatic N) is 1. The summed E-state index contributed by atoms with van der Waals surface area (Å²) < 4.78 is 0. The summed E-state index contributed by atoms with van der Waals surface area (Å²) in [7, 11) is 0. The molecule has 0 aliphatic heterocycles. The minimum atomic E-state index is -0.512. The van der Waals surface area contributed by atoms with Gasteiger partial charge in [-0.05, 0) is 47.4 Å². The first-order valence-electron chi connectivity index (χ1n) is 6.23. The third kappa shape index (κ3) is 4.59. The van der Waals surface area contributed by atoms with Crippen molar-refractivity contribution < 1.29 is 14.7 Å². The summed E-state index contributed by atoms with van der Waals surface area (Å²) in [4.78, 5) is 27.6. The Kier molecular flexibility index (Phi) is 5.31. The lowest BCUT2D eigenvalue weighted by Gasteiger charge is -1.95. The molecule has 21 heavy (non-hydrogen) atoms. The maximum absolute atomic E-state index is 11.8. The number of hydrogen-bond donors (Lipinski definition) is 1. The third-order valence-corrected chi connectivity index (χ3v) is 3.48. The molecule has 0 atom stereocenters. The highest BCUT2D eigenvalue weighted by atomic mass is 32.1. The van der Waals surface area contributed by atoms with Crippen molar-refractivity contribution in [1.82, 2.24) is 4.98 Å². The zero-order chi connectivity index (χ0) is 15.1. The molecule has 0 spiro atoms. The number of rotatable bonds is 6. The molecule has 0 amide bonds. The van der Waals surface area contributed by atoms with Crippen LogP contribution in [0.4, 0.5) is 0 Å². The first-order chi connectivity index (χ1) is 10.2. The minimum absolute atomic E-state index is 0.0393. The largest absolute Gasteiger partial charge is 0.388 e. The van der Waals surface area contributed by atoms with Crippen molar-refractivity contribution in [1.29, 1.82) is 0 Å². The molecule has 4 nitrogen and oxygen atoms in total. The summed E-state index contributed by atoms with van der Waals surface area (Å²) in [5.41, 5.74) is 1.41. The zero-order valence-corrected chi connectivity index (χ0v) is 11.9. The van der Waals surface area contributed by atoms with Gasteiger partial charge in [0.1, 0.15) is 6.61 Å². The van der Waals surface area contributed by atoms with Gasteiger partial charge in [0.2, 0.25) is 0 Å². The zero-order valence-electron chi connectivity index (χ0n) is 11.1. The topological polar surface area (TPSA) is 67.3 Å². The van der Waals surface area contributed by atoms with Gasteiger partial charge in [-0.15, -0.1) is 11.3 Å². The number of aromatic nitrogens is 1. The molecule has 2 aromatic rings. The van der Waals surface area contributed by atoms with Crippen LogP contribution in [0, 0.1) is 0 Å². The molecule has 1 N–H and O–H groups in total. The number of aliphatic hydroxyl groups excluding tert-OH is 1. The number of pyridine rings is 1. The highest BCUT2D eigenvalue weighted by Crippen LogP contribution is 2.11. The molecule has 2 rings (SSSR count). The van der Waals surface area contributed by atoms with Gasteiger partial charge >= 0.3 is 0 Å². The fourth-order valence-electron chi connectivity index (χ4n) is 1.52. The van der Waals surface area contributed by atoms with Crippen LogP contribution in [0.5, 0.6) is 0 Å². The number of ketones is 2. The Morgan fingerprint density at radius 2 is 2.05 bits per heavy atom. The monoisotopic (exact) mass is 299 g/mol. The van der Waals surface area contributed by atoms with Crippen LogP contribution in [0.15, 0.2) is 48.0 Å². The number of carbonyl (C=O) groups excluding carboxylic acids is 2. The fourth-order valence-corrected chi connectivity index (χ4v) is 2.16. The van der Waals surface area contributed by atoms with Crippen LogP contribution < -0.4 is 0 Å². The molecule has 0 aliphatic rings. The predicted octanol–water partition coefficient (Wildman–Crippen LogP) is 2.61. The van der Waals surface area contributed by atoms with Crippen molar-refractivity contribution in [3.8, 4) is 0 Å². The van der Waals surface area contributed by atoms with Crippen LogP contribution in [0.2, 0.25) is 0 Å². The van der Waals surface area contributed by atoms with Crippen LogP contribution in [-0.4, -0.2) is 28.3 Å². The second kappa shape index (κ2) is 7.42. The molecule has 0 radical (unpaired) electrons. The van der Waals surface area contributed by atoms with Gasteiger partial charge in [-0.1, -0.05) is 12.1 Å². The van der Waals surface area contributed by atoms with Crippen molar-refractivity contribution in [2.45, 2.75) is 0 Å². The smallest absolute Gasteiger partial charge is 0.195 e. The molecule has 0 unspecified atom stereocenters. The highest BCUT2D eigenvalue weighted by Gasteiger charge is 2.01. The molecule has 106 valence electrons. The maximum Gasteiger partial charge on any atom is 0.195 e. The Morgan fingerprint density at radius 3 is 2.67 bits per heavy atom. The van der Waals surface area contributed by atoms with E-state index in [2.05, 4.69) is 4.98 Å². The van der Waals surface area contributed by atoms with Gasteiger partial charge in [0, 0.05) is 6.20 Å². The average molecular weight is 299 g/mol. The number of aliphatic hydroxyl groups is 1. The van der Waals surface area contributed by atoms with Crippen LogP contribution in [0.25, 0.3) is 12.2 Å². The summed E-state index contributed by atoms with van der Waals surface area (Å²) in [5.74, 6) is -0.412. The summed E-state index contributed by atoms with van der Waals surface area (Å²) in [6, 6.07) is 7.15. The van der Waals surface area contributed by atoms with E-state index >= 15 is 0 Å². The minimum Gasteiger partial charge on any atom is -0.388 e. The van der Waals surface area contributed by atoms with Crippen molar-refractivity contribution in [2.75, 3.05) is 6.61 Å². The van der Waals surface area contributed by atoms with Crippen LogP contribution in [-0.2, 0) is 4.79 Å². The molecule has 2 heterocycles. The molecule has 2 aromatic heterocycles. The van der Waals surface area contributed by atoms with Crippen molar-refractivity contribution in [2.24, 2.45) is 0 Å². The first-order valence-corrected chi connectivity index (χ1v) is 7.11. The van der Waals surface area contributed by atoms with E-state index in [1.54, 1.807) is 30.5 Å². The number of thiophene rings is 1. The van der Waals surface area contributed by atoms with E-state index < -0.39 is 6.61 Å². The van der Waals surface area contributed by atoms with E-state index in [9.17, 15) is 9.59 Å². The summed E-state index contributed by atoms with van der Waals surface area (Å²) in [5, 5.41) is 10.5.